The number of Topliss-reactive ketones (excluding diaryl/α,β-unsaturated/α-hetero) is 1. The number of nitrogens with one attached hydrogen (secondary N) is 1. The summed E-state index contributed by atoms with van der Waals surface area (Å²) < 4.78 is 5.89. The molecule has 0 aliphatic heterocycles. The van der Waals surface area contributed by atoms with Gasteiger partial charge in [0.25, 0.3) is 0 Å². The summed E-state index contributed by atoms with van der Waals surface area (Å²) in [4.78, 5) is 29.5. The molecule has 0 spiro atoms. The molecule has 5 heteroatoms. The molecule has 0 radical (unpaired) electrons. The summed E-state index contributed by atoms with van der Waals surface area (Å²) in [5, 5.41) is 2.91. The van der Waals surface area contributed by atoms with Crippen LogP contribution in [0.2, 0.25) is 0 Å². The van der Waals surface area contributed by atoms with Crippen LogP contribution in [0.3, 0.4) is 0 Å². The van der Waals surface area contributed by atoms with Crippen molar-refractivity contribution in [3.8, 4) is 5.75 Å². The summed E-state index contributed by atoms with van der Waals surface area (Å²) in [7, 11) is 0. The van der Waals surface area contributed by atoms with Crippen molar-refractivity contribution in [1.82, 2.24) is 10.3 Å². The molecule has 1 N–H and O–H groups in total. The highest BCUT2D eigenvalue weighted by Crippen LogP contribution is 2.30. The van der Waals surface area contributed by atoms with Crippen LogP contribution in [0.15, 0.2) is 72.9 Å². The van der Waals surface area contributed by atoms with Crippen LogP contribution in [0.5, 0.6) is 5.75 Å². The lowest BCUT2D eigenvalue weighted by Gasteiger charge is -2.23. The molecular formula is C26H26N2O3. The first-order valence-electron chi connectivity index (χ1n) is 10.7. The third-order valence-electron chi connectivity index (χ3n) is 5.58. The van der Waals surface area contributed by atoms with Crippen molar-refractivity contribution in [2.24, 2.45) is 5.92 Å². The van der Waals surface area contributed by atoms with Crippen molar-refractivity contribution in [1.29, 1.82) is 0 Å². The molecule has 1 aromatic heterocycles. The maximum absolute atomic E-state index is 12.9. The van der Waals surface area contributed by atoms with E-state index in [2.05, 4.69) is 10.3 Å². The Hall–Kier alpha value is -3.47. The fourth-order valence-electron chi connectivity index (χ4n) is 3.90. The monoisotopic (exact) mass is 414 g/mol. The van der Waals surface area contributed by atoms with Gasteiger partial charge in [0.15, 0.2) is 5.78 Å². The number of ketones is 1. The minimum Gasteiger partial charge on any atom is -0.489 e. The number of ether oxygens (including phenoxy) is 1. The summed E-state index contributed by atoms with van der Waals surface area (Å²) in [5.41, 5.74) is 3.76. The van der Waals surface area contributed by atoms with Gasteiger partial charge in [0, 0.05) is 42.8 Å². The Labute approximate surface area is 182 Å². The number of aromatic nitrogens is 1. The number of carbonyl (C=O) groups is 2. The number of fused-ring (bicyclic) bond motifs is 1. The molecule has 3 aromatic rings. The van der Waals surface area contributed by atoms with Gasteiger partial charge in [-0.1, -0.05) is 36.4 Å². The Morgan fingerprint density at radius 2 is 1.90 bits per heavy atom. The topological polar surface area (TPSA) is 68.3 Å². The van der Waals surface area contributed by atoms with E-state index in [0.29, 0.717) is 31.6 Å². The van der Waals surface area contributed by atoms with Crippen molar-refractivity contribution in [3.05, 3.63) is 95.3 Å². The number of hydrogen-bond donors (Lipinski definition) is 1. The van der Waals surface area contributed by atoms with Crippen molar-refractivity contribution in [3.63, 3.8) is 0 Å². The molecule has 1 atom stereocenters. The van der Waals surface area contributed by atoms with Crippen molar-refractivity contribution in [2.45, 2.75) is 32.3 Å². The Balaban J connectivity index is 1.29. The minimum absolute atomic E-state index is 0.0516. The second-order valence-electron chi connectivity index (χ2n) is 7.82. The lowest BCUT2D eigenvalue weighted by Crippen LogP contribution is -2.32. The number of benzene rings is 2. The van der Waals surface area contributed by atoms with Gasteiger partial charge in [-0.15, -0.1) is 0 Å². The van der Waals surface area contributed by atoms with Gasteiger partial charge in [-0.3, -0.25) is 14.6 Å². The average Bonchev–Trinajstić information content (AvgIpc) is 2.81. The molecule has 4 rings (SSSR count). The van der Waals surface area contributed by atoms with Gasteiger partial charge in [0.1, 0.15) is 12.4 Å². The quantitative estimate of drug-likeness (QED) is 0.601. The van der Waals surface area contributed by atoms with Crippen molar-refractivity contribution >= 4 is 11.7 Å². The van der Waals surface area contributed by atoms with E-state index in [1.807, 2.05) is 66.7 Å². The second-order valence-corrected chi connectivity index (χ2v) is 7.82. The number of pyridine rings is 1. The molecule has 1 aliphatic rings. The first-order valence-corrected chi connectivity index (χ1v) is 10.7. The Bertz CT molecular complexity index is 1040. The van der Waals surface area contributed by atoms with Crippen LogP contribution in [0, 0.1) is 5.92 Å². The van der Waals surface area contributed by atoms with Crippen molar-refractivity contribution < 1.29 is 14.3 Å². The number of rotatable bonds is 8. The number of nitrogens with zero attached hydrogens (tertiary/aromatic N) is 1. The molecule has 31 heavy (non-hydrogen) atoms. The molecule has 1 unspecified atom stereocenters. The Morgan fingerprint density at radius 1 is 1.06 bits per heavy atom. The lowest BCUT2D eigenvalue weighted by atomic mass is 9.81. The maximum Gasteiger partial charge on any atom is 0.220 e. The largest absolute Gasteiger partial charge is 0.489 e. The molecule has 0 saturated heterocycles. The molecule has 1 heterocycles. The van der Waals surface area contributed by atoms with Gasteiger partial charge in [0.05, 0.1) is 0 Å². The van der Waals surface area contributed by atoms with E-state index in [0.717, 1.165) is 29.0 Å². The van der Waals surface area contributed by atoms with E-state index < -0.39 is 0 Å². The third-order valence-corrected chi connectivity index (χ3v) is 5.58. The first-order chi connectivity index (χ1) is 15.2. The maximum atomic E-state index is 12.9. The molecule has 0 saturated carbocycles. The smallest absolute Gasteiger partial charge is 0.220 e. The van der Waals surface area contributed by atoms with Crippen LogP contribution in [-0.2, 0) is 24.2 Å². The molecule has 1 aliphatic carbocycles. The van der Waals surface area contributed by atoms with Gasteiger partial charge < -0.3 is 10.1 Å². The number of amides is 1. The third kappa shape index (κ3) is 5.57. The van der Waals surface area contributed by atoms with E-state index >= 15 is 0 Å². The fraction of sp³-hybridized carbons (Fsp3) is 0.269. The van der Waals surface area contributed by atoms with E-state index in [4.69, 9.17) is 4.74 Å². The predicted molar refractivity (Wildman–Crippen MR) is 119 cm³/mol. The van der Waals surface area contributed by atoms with Crippen LogP contribution in [-0.4, -0.2) is 23.2 Å². The van der Waals surface area contributed by atoms with Gasteiger partial charge >= 0.3 is 0 Å². The molecular weight excluding hydrogens is 388 g/mol. The highest BCUT2D eigenvalue weighted by molar-refractivity contribution is 6.02. The summed E-state index contributed by atoms with van der Waals surface area (Å²) in [6, 6.07) is 21.4. The van der Waals surface area contributed by atoms with E-state index in [9.17, 15) is 9.59 Å². The lowest BCUT2D eigenvalue weighted by molar-refractivity contribution is -0.121. The molecule has 0 fully saturated rings. The zero-order valence-electron chi connectivity index (χ0n) is 17.4. The van der Waals surface area contributed by atoms with Gasteiger partial charge in [-0.25, -0.2) is 0 Å². The number of aryl methyl sites for hydroxylation is 1. The van der Waals surface area contributed by atoms with E-state index in [1.54, 1.807) is 6.20 Å². The van der Waals surface area contributed by atoms with Crippen LogP contribution in [0.4, 0.5) is 0 Å². The summed E-state index contributed by atoms with van der Waals surface area (Å²) in [6.07, 6.45) is 4.11. The van der Waals surface area contributed by atoms with Gasteiger partial charge in [-0.2, -0.15) is 0 Å². The SMILES string of the molecule is O=C(CC1CCc2cc(OCc3ccccc3)ccc2C1=O)NCCc1ccccn1. The second kappa shape index (κ2) is 10.0. The Morgan fingerprint density at radius 3 is 2.71 bits per heavy atom. The minimum atomic E-state index is -0.265. The van der Waals surface area contributed by atoms with Crippen molar-refractivity contribution in [2.75, 3.05) is 6.54 Å². The zero-order valence-corrected chi connectivity index (χ0v) is 17.4. The van der Waals surface area contributed by atoms with Gasteiger partial charge in [0.2, 0.25) is 5.91 Å². The number of carbonyl (C=O) groups excluding carboxylic acids is 2. The molecule has 0 bridgehead atoms. The van der Waals surface area contributed by atoms with Crippen LogP contribution in [0.1, 0.15) is 40.0 Å². The predicted octanol–water partition coefficient (Wildman–Crippen LogP) is 4.15. The summed E-state index contributed by atoms with van der Waals surface area (Å²) in [6.45, 7) is 1.02. The fourth-order valence-corrected chi connectivity index (χ4v) is 3.90. The Kier molecular flexibility index (Phi) is 6.72. The van der Waals surface area contributed by atoms with Gasteiger partial charge in [-0.05, 0) is 54.3 Å². The zero-order chi connectivity index (χ0) is 21.5. The molecule has 158 valence electrons. The van der Waals surface area contributed by atoms with E-state index in [-0.39, 0.29) is 24.0 Å². The molecule has 5 nitrogen and oxygen atoms in total. The first kappa shape index (κ1) is 20.8. The van der Waals surface area contributed by atoms with Crippen LogP contribution >= 0.6 is 0 Å². The normalized spacial score (nSPS) is 15.2. The highest BCUT2D eigenvalue weighted by Gasteiger charge is 2.29. The van der Waals surface area contributed by atoms with E-state index in [1.165, 1.54) is 0 Å². The highest BCUT2D eigenvalue weighted by atomic mass is 16.5. The summed E-state index contributed by atoms with van der Waals surface area (Å²) in [5.74, 6) is 0.468. The standard InChI is InChI=1S/C26H26N2O3/c29-25(28-15-13-22-8-4-5-14-27-22)17-21-10-9-20-16-23(11-12-24(20)26(21)30)31-18-19-6-2-1-3-7-19/h1-8,11-12,14,16,21H,9-10,13,15,17-18H2,(H,28,29). The molecule has 1 amide bonds. The average molecular weight is 415 g/mol. The summed E-state index contributed by atoms with van der Waals surface area (Å²) >= 11 is 0. The van der Waals surface area contributed by atoms with Crippen LogP contribution in [0.25, 0.3) is 0 Å². The van der Waals surface area contributed by atoms with Crippen LogP contribution < -0.4 is 10.1 Å². The number of hydrogen-bond acceptors (Lipinski definition) is 4. The molecule has 2 aromatic carbocycles.